The maximum atomic E-state index is 13.6. The number of piperidine rings is 2. The van der Waals surface area contributed by atoms with Gasteiger partial charge >= 0.3 is 0 Å². The van der Waals surface area contributed by atoms with Gasteiger partial charge in [-0.2, -0.15) is 0 Å². The van der Waals surface area contributed by atoms with Gasteiger partial charge in [-0.05, 0) is 56.3 Å². The summed E-state index contributed by atoms with van der Waals surface area (Å²) in [7, 11) is 0. The lowest BCUT2D eigenvalue weighted by molar-refractivity contribution is 0.0688. The van der Waals surface area contributed by atoms with E-state index in [1.165, 1.54) is 51.9 Å². The first kappa shape index (κ1) is 15.3. The standard InChI is InChI=1S/C17H25FN2S/c18-15-5-1-2-6-16(15)21-12-11-20-10-4-8-17(14-20)7-3-9-19-13-17/h1-2,5-6,19H,3-4,7-14H2. The van der Waals surface area contributed by atoms with Gasteiger partial charge in [0.1, 0.15) is 5.82 Å². The van der Waals surface area contributed by atoms with E-state index in [0.29, 0.717) is 5.41 Å². The molecule has 0 amide bonds. The van der Waals surface area contributed by atoms with Gasteiger partial charge < -0.3 is 10.2 Å². The molecule has 3 rings (SSSR count). The van der Waals surface area contributed by atoms with Crippen LogP contribution in [0.4, 0.5) is 4.39 Å². The van der Waals surface area contributed by atoms with Crippen LogP contribution < -0.4 is 5.32 Å². The molecule has 1 atom stereocenters. The van der Waals surface area contributed by atoms with Gasteiger partial charge in [0, 0.05) is 30.3 Å². The van der Waals surface area contributed by atoms with Crippen molar-refractivity contribution < 1.29 is 4.39 Å². The molecule has 1 aromatic carbocycles. The molecular formula is C17H25FN2S. The summed E-state index contributed by atoms with van der Waals surface area (Å²) in [6.07, 6.45) is 5.37. The SMILES string of the molecule is Fc1ccccc1SCCN1CCCC2(CCCNC2)C1. The van der Waals surface area contributed by atoms with E-state index < -0.39 is 0 Å². The van der Waals surface area contributed by atoms with Gasteiger partial charge in [-0.15, -0.1) is 11.8 Å². The van der Waals surface area contributed by atoms with E-state index in [4.69, 9.17) is 0 Å². The normalized spacial score (nSPS) is 27.1. The maximum absolute atomic E-state index is 13.6. The highest BCUT2D eigenvalue weighted by molar-refractivity contribution is 7.99. The fraction of sp³-hybridized carbons (Fsp3) is 0.647. The number of benzene rings is 1. The second-order valence-corrected chi connectivity index (χ2v) is 7.58. The van der Waals surface area contributed by atoms with Gasteiger partial charge in [-0.25, -0.2) is 4.39 Å². The number of hydrogen-bond donors (Lipinski definition) is 1. The topological polar surface area (TPSA) is 15.3 Å². The molecule has 2 nitrogen and oxygen atoms in total. The minimum Gasteiger partial charge on any atom is -0.316 e. The number of halogens is 1. The first-order chi connectivity index (χ1) is 10.3. The van der Waals surface area contributed by atoms with E-state index in [0.717, 1.165) is 17.2 Å². The molecule has 1 spiro atoms. The van der Waals surface area contributed by atoms with E-state index >= 15 is 0 Å². The molecule has 0 aliphatic carbocycles. The molecular weight excluding hydrogens is 283 g/mol. The summed E-state index contributed by atoms with van der Waals surface area (Å²) < 4.78 is 13.6. The molecule has 0 aromatic heterocycles. The average Bonchev–Trinajstić information content (AvgIpc) is 2.50. The number of nitrogens with zero attached hydrogens (tertiary/aromatic N) is 1. The second kappa shape index (κ2) is 7.12. The summed E-state index contributed by atoms with van der Waals surface area (Å²) in [4.78, 5) is 3.37. The fourth-order valence-corrected chi connectivity index (χ4v) is 4.68. The van der Waals surface area contributed by atoms with Crippen molar-refractivity contribution >= 4 is 11.8 Å². The van der Waals surface area contributed by atoms with Crippen molar-refractivity contribution in [3.63, 3.8) is 0 Å². The minimum absolute atomic E-state index is 0.0888. The summed E-state index contributed by atoms with van der Waals surface area (Å²) in [5.41, 5.74) is 0.513. The summed E-state index contributed by atoms with van der Waals surface area (Å²) in [5, 5.41) is 3.57. The Morgan fingerprint density at radius 1 is 1.24 bits per heavy atom. The van der Waals surface area contributed by atoms with Crippen molar-refractivity contribution in [3.8, 4) is 0 Å². The van der Waals surface area contributed by atoms with Crippen LogP contribution in [0.25, 0.3) is 0 Å². The van der Waals surface area contributed by atoms with Crippen molar-refractivity contribution in [1.82, 2.24) is 10.2 Å². The molecule has 21 heavy (non-hydrogen) atoms. The summed E-state index contributed by atoms with van der Waals surface area (Å²) in [5.74, 6) is 0.888. The van der Waals surface area contributed by atoms with Crippen LogP contribution in [0.15, 0.2) is 29.2 Å². The van der Waals surface area contributed by atoms with Crippen LogP contribution in [0.5, 0.6) is 0 Å². The highest BCUT2D eigenvalue weighted by Gasteiger charge is 2.36. The van der Waals surface area contributed by atoms with Crippen LogP contribution in [0.1, 0.15) is 25.7 Å². The van der Waals surface area contributed by atoms with Gasteiger partial charge in [0.15, 0.2) is 0 Å². The Balaban J connectivity index is 1.48. The molecule has 0 bridgehead atoms. The van der Waals surface area contributed by atoms with E-state index in [1.807, 2.05) is 12.1 Å². The molecule has 0 saturated carbocycles. The highest BCUT2D eigenvalue weighted by atomic mass is 32.2. The van der Waals surface area contributed by atoms with Gasteiger partial charge in [0.2, 0.25) is 0 Å². The Morgan fingerprint density at radius 2 is 2.10 bits per heavy atom. The van der Waals surface area contributed by atoms with Crippen molar-refractivity contribution in [2.24, 2.45) is 5.41 Å². The fourth-order valence-electron chi connectivity index (χ4n) is 3.73. The molecule has 2 aliphatic rings. The summed E-state index contributed by atoms with van der Waals surface area (Å²) in [6, 6.07) is 7.09. The molecule has 2 aliphatic heterocycles. The molecule has 1 aromatic rings. The van der Waals surface area contributed by atoms with Crippen molar-refractivity contribution in [2.75, 3.05) is 38.5 Å². The predicted octanol–water partition coefficient (Wildman–Crippen LogP) is 3.38. The van der Waals surface area contributed by atoms with Crippen LogP contribution in [0.3, 0.4) is 0 Å². The Bertz CT molecular complexity index is 454. The first-order valence-electron chi connectivity index (χ1n) is 8.08. The molecule has 1 unspecified atom stereocenters. The number of rotatable bonds is 4. The smallest absolute Gasteiger partial charge is 0.136 e. The number of thioether (sulfide) groups is 1. The Morgan fingerprint density at radius 3 is 2.90 bits per heavy atom. The molecule has 2 heterocycles. The van der Waals surface area contributed by atoms with Crippen LogP contribution in [0, 0.1) is 11.2 Å². The zero-order valence-electron chi connectivity index (χ0n) is 12.6. The van der Waals surface area contributed by atoms with E-state index in [-0.39, 0.29) is 5.82 Å². The third-order valence-corrected chi connectivity index (χ3v) is 5.83. The Kier molecular flexibility index (Phi) is 5.19. The van der Waals surface area contributed by atoms with Gasteiger partial charge in [-0.1, -0.05) is 12.1 Å². The Hall–Kier alpha value is -0.580. The minimum atomic E-state index is -0.0888. The number of likely N-dealkylation sites (tertiary alicyclic amines) is 1. The number of nitrogens with one attached hydrogen (secondary N) is 1. The lowest BCUT2D eigenvalue weighted by Gasteiger charge is -2.45. The van der Waals surface area contributed by atoms with Crippen LogP contribution in [-0.4, -0.2) is 43.4 Å². The molecule has 2 saturated heterocycles. The highest BCUT2D eigenvalue weighted by Crippen LogP contribution is 2.36. The molecule has 0 radical (unpaired) electrons. The lowest BCUT2D eigenvalue weighted by Crippen LogP contribution is -2.51. The van der Waals surface area contributed by atoms with Gasteiger partial charge in [0.05, 0.1) is 0 Å². The Labute approximate surface area is 131 Å². The van der Waals surface area contributed by atoms with E-state index in [1.54, 1.807) is 23.9 Å². The van der Waals surface area contributed by atoms with Gasteiger partial charge in [0.25, 0.3) is 0 Å². The van der Waals surface area contributed by atoms with E-state index in [9.17, 15) is 4.39 Å². The van der Waals surface area contributed by atoms with Crippen molar-refractivity contribution in [2.45, 2.75) is 30.6 Å². The third kappa shape index (κ3) is 3.99. The van der Waals surface area contributed by atoms with E-state index in [2.05, 4.69) is 10.2 Å². The molecule has 116 valence electrons. The zero-order valence-corrected chi connectivity index (χ0v) is 13.4. The number of hydrogen-bond acceptors (Lipinski definition) is 3. The molecule has 4 heteroatoms. The largest absolute Gasteiger partial charge is 0.316 e. The second-order valence-electron chi connectivity index (χ2n) is 6.44. The predicted molar refractivity (Wildman–Crippen MR) is 87.3 cm³/mol. The van der Waals surface area contributed by atoms with Crippen LogP contribution >= 0.6 is 11.8 Å². The first-order valence-corrected chi connectivity index (χ1v) is 9.06. The summed E-state index contributed by atoms with van der Waals surface area (Å²) >= 11 is 1.64. The zero-order chi connectivity index (χ0) is 14.5. The van der Waals surface area contributed by atoms with Gasteiger partial charge in [-0.3, -0.25) is 0 Å². The van der Waals surface area contributed by atoms with Crippen molar-refractivity contribution in [3.05, 3.63) is 30.1 Å². The average molecular weight is 308 g/mol. The van der Waals surface area contributed by atoms with Crippen LogP contribution in [-0.2, 0) is 0 Å². The molecule has 2 fully saturated rings. The maximum Gasteiger partial charge on any atom is 0.136 e. The molecule has 1 N–H and O–H groups in total. The quantitative estimate of drug-likeness (QED) is 0.859. The van der Waals surface area contributed by atoms with Crippen molar-refractivity contribution in [1.29, 1.82) is 0 Å². The van der Waals surface area contributed by atoms with Crippen LogP contribution in [0.2, 0.25) is 0 Å². The monoisotopic (exact) mass is 308 g/mol. The third-order valence-electron chi connectivity index (χ3n) is 4.80. The summed E-state index contributed by atoms with van der Waals surface area (Å²) in [6.45, 7) is 5.87. The lowest BCUT2D eigenvalue weighted by atomic mass is 9.74.